The summed E-state index contributed by atoms with van der Waals surface area (Å²) in [6.07, 6.45) is 3.04. The fourth-order valence-electron chi connectivity index (χ4n) is 3.94. The average molecular weight is 385 g/mol. The zero-order valence-corrected chi connectivity index (χ0v) is 16.4. The smallest absolute Gasteiger partial charge is 0.271 e. The lowest BCUT2D eigenvalue weighted by molar-refractivity contribution is 0.442. The van der Waals surface area contributed by atoms with E-state index in [0.29, 0.717) is 6.04 Å². The van der Waals surface area contributed by atoms with E-state index in [1.807, 2.05) is 14.0 Å². The van der Waals surface area contributed by atoms with Crippen molar-refractivity contribution in [3.05, 3.63) is 50.5 Å². The maximum atomic E-state index is 12.4. The van der Waals surface area contributed by atoms with Crippen molar-refractivity contribution in [1.82, 2.24) is 14.7 Å². The number of anilines is 1. The standard InChI is InChI=1S/C20H24N4O2S/c1-3-15-17(22-19(25)16-18(15)27-23-20(16)26)12-4-6-14(7-5-12)24-10-8-13(21-2)9-11-24/h4-7,13,21H,3,8-11H2,1-2H3,(H,22,25)(H,23,26). The van der Waals surface area contributed by atoms with Crippen LogP contribution in [0.4, 0.5) is 5.69 Å². The lowest BCUT2D eigenvalue weighted by Crippen LogP contribution is -2.41. The highest BCUT2D eigenvalue weighted by Crippen LogP contribution is 2.29. The third kappa shape index (κ3) is 3.21. The second kappa shape index (κ2) is 7.32. The van der Waals surface area contributed by atoms with Crippen LogP contribution in [0.15, 0.2) is 33.9 Å². The van der Waals surface area contributed by atoms with Gasteiger partial charge in [0.15, 0.2) is 0 Å². The number of nitrogens with one attached hydrogen (secondary N) is 3. The normalized spacial score (nSPS) is 15.6. The number of aromatic nitrogens is 2. The fraction of sp³-hybridized carbons (Fsp3) is 0.400. The minimum atomic E-state index is -0.321. The molecule has 0 amide bonds. The Hall–Kier alpha value is -2.38. The molecule has 0 bridgehead atoms. The Labute approximate surface area is 161 Å². The Morgan fingerprint density at radius 1 is 1.15 bits per heavy atom. The van der Waals surface area contributed by atoms with E-state index in [0.717, 1.165) is 53.9 Å². The third-order valence-electron chi connectivity index (χ3n) is 5.52. The largest absolute Gasteiger partial charge is 0.371 e. The second-order valence-corrected chi connectivity index (χ2v) is 7.81. The Bertz CT molecular complexity index is 1060. The van der Waals surface area contributed by atoms with E-state index < -0.39 is 0 Å². The van der Waals surface area contributed by atoms with Crippen LogP contribution in [-0.4, -0.2) is 35.5 Å². The molecule has 4 rings (SSSR count). The summed E-state index contributed by atoms with van der Waals surface area (Å²) in [5, 5.41) is 3.60. The highest BCUT2D eigenvalue weighted by molar-refractivity contribution is 7.13. The predicted molar refractivity (Wildman–Crippen MR) is 112 cm³/mol. The molecule has 27 heavy (non-hydrogen) atoms. The van der Waals surface area contributed by atoms with Crippen molar-refractivity contribution in [2.45, 2.75) is 32.2 Å². The van der Waals surface area contributed by atoms with Crippen molar-refractivity contribution in [3.63, 3.8) is 0 Å². The number of pyridine rings is 1. The Morgan fingerprint density at radius 3 is 2.48 bits per heavy atom. The first-order valence-electron chi connectivity index (χ1n) is 9.41. The molecule has 2 aromatic heterocycles. The molecular weight excluding hydrogens is 360 g/mol. The van der Waals surface area contributed by atoms with Gasteiger partial charge in [0.25, 0.3) is 11.1 Å². The average Bonchev–Trinajstić information content (AvgIpc) is 3.10. The number of aromatic amines is 2. The Balaban J connectivity index is 1.68. The summed E-state index contributed by atoms with van der Waals surface area (Å²) in [5.41, 5.74) is 3.37. The van der Waals surface area contributed by atoms with Gasteiger partial charge in [-0.2, -0.15) is 0 Å². The SMILES string of the molecule is CCc1c(-c2ccc(N3CCC(NC)CC3)cc2)[nH]c(=O)c2c(=O)[nH]sc12. The second-order valence-electron chi connectivity index (χ2n) is 7.00. The van der Waals surface area contributed by atoms with E-state index in [-0.39, 0.29) is 16.5 Å². The van der Waals surface area contributed by atoms with Crippen molar-refractivity contribution in [2.75, 3.05) is 25.0 Å². The van der Waals surface area contributed by atoms with Crippen LogP contribution in [0.2, 0.25) is 0 Å². The first-order chi connectivity index (χ1) is 13.1. The minimum absolute atomic E-state index is 0.240. The van der Waals surface area contributed by atoms with E-state index >= 15 is 0 Å². The molecule has 0 spiro atoms. The van der Waals surface area contributed by atoms with Crippen molar-refractivity contribution in [1.29, 1.82) is 0 Å². The molecule has 1 saturated heterocycles. The number of aryl methyl sites for hydroxylation is 1. The van der Waals surface area contributed by atoms with E-state index in [4.69, 9.17) is 0 Å². The number of H-pyrrole nitrogens is 2. The van der Waals surface area contributed by atoms with Gasteiger partial charge in [-0.25, -0.2) is 0 Å². The van der Waals surface area contributed by atoms with Gasteiger partial charge < -0.3 is 15.2 Å². The number of hydrogen-bond acceptors (Lipinski definition) is 5. The molecule has 0 radical (unpaired) electrons. The molecule has 3 N–H and O–H groups in total. The molecular formula is C20H24N4O2S. The molecule has 3 aromatic rings. The first-order valence-corrected chi connectivity index (χ1v) is 10.2. The van der Waals surface area contributed by atoms with Gasteiger partial charge in [0.05, 0.1) is 10.4 Å². The zero-order valence-electron chi connectivity index (χ0n) is 15.6. The number of benzene rings is 1. The van der Waals surface area contributed by atoms with Crippen molar-refractivity contribution in [2.24, 2.45) is 0 Å². The van der Waals surface area contributed by atoms with Crippen LogP contribution in [0.3, 0.4) is 0 Å². The molecule has 1 fully saturated rings. The predicted octanol–water partition coefficient (Wildman–Crippen LogP) is 2.70. The molecule has 7 heteroatoms. The summed E-state index contributed by atoms with van der Waals surface area (Å²) in [4.78, 5) is 29.7. The lowest BCUT2D eigenvalue weighted by Gasteiger charge is -2.33. The van der Waals surface area contributed by atoms with Crippen LogP contribution < -0.4 is 21.3 Å². The van der Waals surface area contributed by atoms with Crippen LogP contribution in [0.25, 0.3) is 21.3 Å². The molecule has 6 nitrogen and oxygen atoms in total. The maximum Gasteiger partial charge on any atom is 0.271 e. The van der Waals surface area contributed by atoms with Crippen LogP contribution in [0.1, 0.15) is 25.3 Å². The van der Waals surface area contributed by atoms with Crippen molar-refractivity contribution in [3.8, 4) is 11.3 Å². The summed E-state index contributed by atoms with van der Waals surface area (Å²) >= 11 is 1.24. The van der Waals surface area contributed by atoms with Gasteiger partial charge in [0.2, 0.25) is 0 Å². The van der Waals surface area contributed by atoms with Gasteiger partial charge in [-0.05, 0) is 49.6 Å². The highest BCUT2D eigenvalue weighted by atomic mass is 32.1. The summed E-state index contributed by atoms with van der Waals surface area (Å²) < 4.78 is 3.45. The maximum absolute atomic E-state index is 12.4. The van der Waals surface area contributed by atoms with Gasteiger partial charge in [0.1, 0.15) is 5.39 Å². The zero-order chi connectivity index (χ0) is 19.0. The van der Waals surface area contributed by atoms with E-state index in [9.17, 15) is 9.59 Å². The van der Waals surface area contributed by atoms with E-state index in [1.165, 1.54) is 17.2 Å². The van der Waals surface area contributed by atoms with Gasteiger partial charge in [0, 0.05) is 24.8 Å². The van der Waals surface area contributed by atoms with Crippen LogP contribution in [-0.2, 0) is 6.42 Å². The van der Waals surface area contributed by atoms with E-state index in [1.54, 1.807) is 0 Å². The van der Waals surface area contributed by atoms with Crippen molar-refractivity contribution >= 4 is 27.3 Å². The topological polar surface area (TPSA) is 81.0 Å². The summed E-state index contributed by atoms with van der Waals surface area (Å²) in [6.45, 7) is 4.14. The van der Waals surface area contributed by atoms with Gasteiger partial charge in [-0.1, -0.05) is 30.6 Å². The number of nitrogens with zero attached hydrogens (tertiary/aromatic N) is 1. The van der Waals surface area contributed by atoms with E-state index in [2.05, 4.69) is 43.8 Å². The minimum Gasteiger partial charge on any atom is -0.371 e. The summed E-state index contributed by atoms with van der Waals surface area (Å²) in [5.74, 6) is 0. The first kappa shape index (κ1) is 18.0. The third-order valence-corrected chi connectivity index (χ3v) is 6.46. The van der Waals surface area contributed by atoms with Gasteiger partial charge >= 0.3 is 0 Å². The number of rotatable bonds is 4. The van der Waals surface area contributed by atoms with Crippen LogP contribution >= 0.6 is 11.5 Å². The molecule has 0 saturated carbocycles. The lowest BCUT2D eigenvalue weighted by atomic mass is 10.0. The summed E-state index contributed by atoms with van der Waals surface area (Å²) in [6, 6.07) is 8.97. The monoisotopic (exact) mass is 384 g/mol. The quantitative estimate of drug-likeness (QED) is 0.646. The molecule has 3 heterocycles. The Kier molecular flexibility index (Phi) is 4.88. The molecule has 0 aliphatic carbocycles. The molecule has 0 unspecified atom stereocenters. The van der Waals surface area contributed by atoms with Crippen LogP contribution in [0, 0.1) is 0 Å². The molecule has 1 aliphatic heterocycles. The highest BCUT2D eigenvalue weighted by Gasteiger charge is 2.19. The van der Waals surface area contributed by atoms with Gasteiger partial charge in [-0.15, -0.1) is 0 Å². The Morgan fingerprint density at radius 2 is 1.85 bits per heavy atom. The summed E-state index contributed by atoms with van der Waals surface area (Å²) in [7, 11) is 2.03. The van der Waals surface area contributed by atoms with Gasteiger partial charge in [-0.3, -0.25) is 14.0 Å². The molecule has 1 aromatic carbocycles. The molecule has 142 valence electrons. The number of hydrogen-bond donors (Lipinski definition) is 3. The molecule has 1 aliphatic rings. The number of piperidine rings is 1. The van der Waals surface area contributed by atoms with Crippen molar-refractivity contribution < 1.29 is 0 Å². The molecule has 0 atom stereocenters. The fourth-order valence-corrected chi connectivity index (χ4v) is 4.89. The number of fused-ring (bicyclic) bond motifs is 1. The van der Waals surface area contributed by atoms with Crippen LogP contribution in [0.5, 0.6) is 0 Å².